The number of imidazole rings is 1. The second kappa shape index (κ2) is 8.31. The van der Waals surface area contributed by atoms with Gasteiger partial charge in [0.15, 0.2) is 5.82 Å². The van der Waals surface area contributed by atoms with Crippen LogP contribution in [0, 0.1) is 0 Å². The number of fused-ring (bicyclic) bond motifs is 1. The Morgan fingerprint density at radius 2 is 1.94 bits per heavy atom. The number of aromatic amines is 1. The molecular weight excluding hydrogens is 461 g/mol. The summed E-state index contributed by atoms with van der Waals surface area (Å²) in [6, 6.07) is 4.70. The minimum atomic E-state index is -4.46. The molecule has 0 aliphatic carbocycles. The van der Waals surface area contributed by atoms with Crippen LogP contribution in [0.3, 0.4) is 0 Å². The highest BCUT2D eigenvalue weighted by Gasteiger charge is 2.41. The molecule has 0 aromatic carbocycles. The number of halogens is 3. The molecule has 4 aromatic rings. The molecule has 9 nitrogen and oxygen atoms in total. The molecule has 0 amide bonds. The Bertz CT molecular complexity index is 1330. The SMILES string of the molecule is C[C@H]1[C@H](c2cn[nH]c2)N(C2COC2)CCN1c1ccnc(-c2cnc3ccc(C(F)(F)F)cn23)n1. The molecule has 182 valence electrons. The zero-order valence-corrected chi connectivity index (χ0v) is 18.9. The van der Waals surface area contributed by atoms with Crippen LogP contribution in [0.1, 0.15) is 24.1 Å². The van der Waals surface area contributed by atoms with Gasteiger partial charge in [-0.2, -0.15) is 18.3 Å². The molecule has 2 atom stereocenters. The lowest BCUT2D eigenvalue weighted by Gasteiger charge is -2.51. The number of piperazine rings is 1. The van der Waals surface area contributed by atoms with Crippen LogP contribution in [0.25, 0.3) is 17.2 Å². The Morgan fingerprint density at radius 3 is 2.66 bits per heavy atom. The predicted octanol–water partition coefficient (Wildman–Crippen LogP) is 3.18. The summed E-state index contributed by atoms with van der Waals surface area (Å²) in [7, 11) is 0. The van der Waals surface area contributed by atoms with Crippen molar-refractivity contribution >= 4 is 11.5 Å². The normalized spacial score (nSPS) is 22.0. The quantitative estimate of drug-likeness (QED) is 0.476. The highest BCUT2D eigenvalue weighted by Crippen LogP contribution is 2.36. The van der Waals surface area contributed by atoms with Gasteiger partial charge in [0.2, 0.25) is 0 Å². The van der Waals surface area contributed by atoms with E-state index in [-0.39, 0.29) is 12.1 Å². The fourth-order valence-electron chi connectivity index (χ4n) is 5.00. The average molecular weight is 484 g/mol. The van der Waals surface area contributed by atoms with E-state index in [4.69, 9.17) is 9.72 Å². The number of hydrogen-bond donors (Lipinski definition) is 1. The van der Waals surface area contributed by atoms with Gasteiger partial charge in [-0.1, -0.05) is 0 Å². The maximum Gasteiger partial charge on any atom is 0.417 e. The van der Waals surface area contributed by atoms with Crippen LogP contribution in [0.5, 0.6) is 0 Å². The van der Waals surface area contributed by atoms with Crippen molar-refractivity contribution in [1.82, 2.24) is 34.4 Å². The molecule has 2 aliphatic rings. The molecule has 2 saturated heterocycles. The first kappa shape index (κ1) is 22.0. The minimum absolute atomic E-state index is 0.0590. The van der Waals surface area contributed by atoms with E-state index >= 15 is 0 Å². The summed E-state index contributed by atoms with van der Waals surface area (Å²) in [4.78, 5) is 18.0. The zero-order valence-electron chi connectivity index (χ0n) is 18.9. The monoisotopic (exact) mass is 484 g/mol. The molecule has 4 aromatic heterocycles. The first-order valence-corrected chi connectivity index (χ1v) is 11.4. The Labute approximate surface area is 198 Å². The average Bonchev–Trinajstić information content (AvgIpc) is 3.47. The first-order valence-electron chi connectivity index (χ1n) is 11.4. The Hall–Kier alpha value is -3.51. The predicted molar refractivity (Wildman–Crippen MR) is 121 cm³/mol. The minimum Gasteiger partial charge on any atom is -0.378 e. The van der Waals surface area contributed by atoms with Gasteiger partial charge in [0, 0.05) is 43.3 Å². The largest absolute Gasteiger partial charge is 0.417 e. The van der Waals surface area contributed by atoms with E-state index < -0.39 is 11.7 Å². The van der Waals surface area contributed by atoms with E-state index in [0.717, 1.165) is 30.9 Å². The molecular formula is C23H23F3N8O. The number of ether oxygens (including phenoxy) is 1. The number of H-pyrrole nitrogens is 1. The van der Waals surface area contributed by atoms with E-state index in [2.05, 4.69) is 36.9 Å². The number of aromatic nitrogens is 6. The van der Waals surface area contributed by atoms with E-state index in [9.17, 15) is 13.2 Å². The molecule has 1 N–H and O–H groups in total. The lowest BCUT2D eigenvalue weighted by Crippen LogP contribution is -2.61. The summed E-state index contributed by atoms with van der Waals surface area (Å²) < 4.78 is 46.7. The first-order chi connectivity index (χ1) is 16.9. The summed E-state index contributed by atoms with van der Waals surface area (Å²) in [6.07, 6.45) is 3.47. The number of anilines is 1. The molecule has 0 saturated carbocycles. The molecule has 12 heteroatoms. The highest BCUT2D eigenvalue weighted by atomic mass is 19.4. The van der Waals surface area contributed by atoms with Crippen LogP contribution in [-0.4, -0.2) is 72.8 Å². The number of pyridine rings is 1. The standard InChI is InChI=1S/C23H23F3N8O/c1-14-21(15-8-29-30-9-15)33(17-12-35-13-17)7-6-32(14)20-4-5-27-22(31-20)18-10-28-19-3-2-16(11-34(18)19)23(24,25)26/h2-5,8-11,14,17,21H,6-7,12-13H2,1H3,(H,29,30)/t14-,21+/m0/s1. The van der Waals surface area contributed by atoms with Crippen molar-refractivity contribution in [2.75, 3.05) is 31.2 Å². The number of rotatable bonds is 4. The molecule has 6 rings (SSSR count). The second-order valence-electron chi connectivity index (χ2n) is 8.87. The van der Waals surface area contributed by atoms with Gasteiger partial charge in [0.1, 0.15) is 17.2 Å². The van der Waals surface area contributed by atoms with Gasteiger partial charge in [-0.25, -0.2) is 15.0 Å². The molecule has 2 aliphatic heterocycles. The summed E-state index contributed by atoms with van der Waals surface area (Å²) >= 11 is 0. The summed E-state index contributed by atoms with van der Waals surface area (Å²) in [5.41, 5.74) is 1.13. The van der Waals surface area contributed by atoms with Gasteiger partial charge in [-0.05, 0) is 25.1 Å². The molecule has 2 fully saturated rings. The van der Waals surface area contributed by atoms with E-state index in [1.54, 1.807) is 6.20 Å². The molecule has 6 heterocycles. The van der Waals surface area contributed by atoms with Crippen molar-refractivity contribution in [3.63, 3.8) is 0 Å². The lowest BCUT2D eigenvalue weighted by molar-refractivity contribution is -0.137. The third-order valence-corrected chi connectivity index (χ3v) is 6.85. The van der Waals surface area contributed by atoms with Gasteiger partial charge in [0.25, 0.3) is 0 Å². The van der Waals surface area contributed by atoms with Crippen LogP contribution in [0.15, 0.2) is 49.2 Å². The van der Waals surface area contributed by atoms with Crippen molar-refractivity contribution in [3.8, 4) is 11.5 Å². The number of nitrogens with one attached hydrogen (secondary N) is 1. The van der Waals surface area contributed by atoms with Crippen molar-refractivity contribution < 1.29 is 17.9 Å². The topological polar surface area (TPSA) is 87.5 Å². The van der Waals surface area contributed by atoms with Crippen molar-refractivity contribution in [3.05, 3.63) is 60.3 Å². The second-order valence-corrected chi connectivity index (χ2v) is 8.87. The maximum absolute atomic E-state index is 13.3. The fraction of sp³-hybridized carbons (Fsp3) is 0.391. The third-order valence-electron chi connectivity index (χ3n) is 6.85. The van der Waals surface area contributed by atoms with Gasteiger partial charge in [-0.3, -0.25) is 14.4 Å². The van der Waals surface area contributed by atoms with Gasteiger partial charge in [-0.15, -0.1) is 0 Å². The van der Waals surface area contributed by atoms with E-state index in [1.807, 2.05) is 18.5 Å². The number of nitrogens with zero attached hydrogens (tertiary/aromatic N) is 7. The Morgan fingerprint density at radius 1 is 1.09 bits per heavy atom. The van der Waals surface area contributed by atoms with Crippen molar-refractivity contribution in [2.45, 2.75) is 31.2 Å². The summed E-state index contributed by atoms with van der Waals surface area (Å²) in [5, 5.41) is 7.07. The highest BCUT2D eigenvalue weighted by molar-refractivity contribution is 5.59. The molecule has 35 heavy (non-hydrogen) atoms. The summed E-state index contributed by atoms with van der Waals surface area (Å²) in [5.74, 6) is 1.03. The fourth-order valence-corrected chi connectivity index (χ4v) is 5.00. The molecule has 0 bridgehead atoms. The van der Waals surface area contributed by atoms with Crippen LogP contribution in [0.4, 0.5) is 19.0 Å². The zero-order chi connectivity index (χ0) is 24.2. The maximum atomic E-state index is 13.3. The molecule has 0 unspecified atom stereocenters. The molecule has 0 radical (unpaired) electrons. The van der Waals surface area contributed by atoms with Gasteiger partial charge >= 0.3 is 6.18 Å². The summed E-state index contributed by atoms with van der Waals surface area (Å²) in [6.45, 7) is 5.14. The van der Waals surface area contributed by atoms with Crippen molar-refractivity contribution in [1.29, 1.82) is 0 Å². The van der Waals surface area contributed by atoms with Crippen molar-refractivity contribution in [2.24, 2.45) is 0 Å². The molecule has 0 spiro atoms. The third kappa shape index (κ3) is 3.82. The van der Waals surface area contributed by atoms with Gasteiger partial charge in [0.05, 0.1) is 43.3 Å². The lowest BCUT2D eigenvalue weighted by atomic mass is 9.95. The Kier molecular flexibility index (Phi) is 5.22. The van der Waals surface area contributed by atoms with Crippen LogP contribution < -0.4 is 4.90 Å². The van der Waals surface area contributed by atoms with Crippen LogP contribution in [-0.2, 0) is 10.9 Å². The van der Waals surface area contributed by atoms with E-state index in [0.29, 0.717) is 42.2 Å². The number of hydrogen-bond acceptors (Lipinski definition) is 7. The smallest absolute Gasteiger partial charge is 0.378 e. The van der Waals surface area contributed by atoms with Crippen LogP contribution in [0.2, 0.25) is 0 Å². The Balaban J connectivity index is 1.35. The number of alkyl halides is 3. The van der Waals surface area contributed by atoms with Gasteiger partial charge < -0.3 is 9.64 Å². The van der Waals surface area contributed by atoms with E-state index in [1.165, 1.54) is 16.7 Å². The van der Waals surface area contributed by atoms with Crippen LogP contribution >= 0.6 is 0 Å².